The van der Waals surface area contributed by atoms with Crippen molar-refractivity contribution < 1.29 is 33.4 Å². The van der Waals surface area contributed by atoms with Crippen LogP contribution in [-0.4, -0.2) is 41.1 Å². The standard InChI is InChI=1S/C15H22BN6.C7H4NO2S.2CO.Mo/c1-10-7-13(4)20(17-10)16(21-14(5)8-11(2)18-21)22-15(6)9-12(3)19-22;1-11-7-4-2-6(3-5-7)8(9)10;2*1-2;/h7-9,16H,1-6H3;2-5H;;;/q-1;;;;+1. The van der Waals surface area contributed by atoms with Gasteiger partial charge in [0.2, 0.25) is 0 Å². The maximum absolute atomic E-state index is 10.3. The Hall–Kier alpha value is -3.39. The van der Waals surface area contributed by atoms with Gasteiger partial charge in [0.15, 0.2) is 0 Å². The predicted molar refractivity (Wildman–Crippen MR) is 139 cm³/mol. The van der Waals surface area contributed by atoms with E-state index in [0.717, 1.165) is 39.1 Å². The minimum atomic E-state index is -1.26. The summed E-state index contributed by atoms with van der Waals surface area (Å²) in [6.45, 7) is 21.3. The second-order valence-electron chi connectivity index (χ2n) is 8.14. The normalized spacial score (nSPS) is 9.63. The number of nitrogens with zero attached hydrogens (tertiary/aromatic N) is 7. The summed E-state index contributed by atoms with van der Waals surface area (Å²) in [4.78, 5) is 10.8. The van der Waals surface area contributed by atoms with Gasteiger partial charge in [-0.05, 0) is 76.8 Å². The zero-order chi connectivity index (χ0) is 29.0. The first kappa shape index (κ1) is 32.6. The molecule has 14 heteroatoms. The van der Waals surface area contributed by atoms with Crippen LogP contribution >= 0.6 is 11.8 Å². The van der Waals surface area contributed by atoms with Crippen LogP contribution in [0, 0.1) is 68.5 Å². The summed E-state index contributed by atoms with van der Waals surface area (Å²) >= 11 is 3.16. The Kier molecular flexibility index (Phi) is 13.5. The van der Waals surface area contributed by atoms with Crippen molar-refractivity contribution in [2.45, 2.75) is 46.4 Å². The topological polar surface area (TPSA) is 136 Å². The molecular formula is C24H26BMoN7O4S. The molecule has 0 radical (unpaired) electrons. The van der Waals surface area contributed by atoms with Crippen molar-refractivity contribution in [2.24, 2.45) is 0 Å². The second-order valence-corrected chi connectivity index (χ2v) is 10.2. The van der Waals surface area contributed by atoms with Crippen molar-refractivity contribution >= 4 is 24.6 Å². The Balaban J connectivity index is 0.000000383. The molecule has 0 saturated carbocycles. The van der Waals surface area contributed by atoms with Crippen molar-refractivity contribution in [1.29, 1.82) is 0 Å². The molecule has 0 spiro atoms. The molecular weight excluding hydrogens is 589 g/mol. The third kappa shape index (κ3) is 8.59. The number of nitro benzene ring substituents is 1. The van der Waals surface area contributed by atoms with Crippen molar-refractivity contribution in [2.75, 3.05) is 0 Å². The third-order valence-electron chi connectivity index (χ3n) is 5.32. The van der Waals surface area contributed by atoms with Crippen LogP contribution < -0.4 is 0 Å². The molecule has 38 heavy (non-hydrogen) atoms. The van der Waals surface area contributed by atoms with Gasteiger partial charge < -0.3 is 13.8 Å². The van der Waals surface area contributed by atoms with Crippen LogP contribution in [0.15, 0.2) is 47.4 Å². The molecule has 0 saturated heterocycles. The van der Waals surface area contributed by atoms with Crippen LogP contribution in [0.2, 0.25) is 0 Å². The van der Waals surface area contributed by atoms with Gasteiger partial charge in [0.1, 0.15) is 0 Å². The summed E-state index contributed by atoms with van der Waals surface area (Å²) < 4.78 is 24.1. The molecule has 4 aromatic rings. The number of aryl methyl sites for hydroxylation is 6. The quantitative estimate of drug-likeness (QED) is 0.0836. The first-order valence-electron chi connectivity index (χ1n) is 11.1. The summed E-state index contributed by atoms with van der Waals surface area (Å²) in [6.07, 6.45) is 0. The number of hydrogen-bond donors (Lipinski definition) is 0. The van der Waals surface area contributed by atoms with E-state index >= 15 is 0 Å². The number of nitro groups is 1. The van der Waals surface area contributed by atoms with E-state index in [1.54, 1.807) is 31.3 Å². The van der Waals surface area contributed by atoms with E-state index in [0.29, 0.717) is 0 Å². The van der Waals surface area contributed by atoms with Gasteiger partial charge in [-0.25, -0.2) is 15.3 Å². The summed E-state index contributed by atoms with van der Waals surface area (Å²) in [5, 5.41) is 24.3. The summed E-state index contributed by atoms with van der Waals surface area (Å²) in [5.41, 5.74) is 6.53. The van der Waals surface area contributed by atoms with Gasteiger partial charge in [0.05, 0.1) is 17.1 Å². The molecule has 0 aliphatic heterocycles. The van der Waals surface area contributed by atoms with Crippen LogP contribution in [0.3, 0.4) is 0 Å². The number of thioether (sulfide) groups is 1. The number of aromatic nitrogens is 6. The van der Waals surface area contributed by atoms with Crippen molar-refractivity contribution in [1.82, 2.24) is 29.1 Å². The SMILES string of the molecule is Cc1cc(C)n([BH-](n2nc(C)cc2C)n2nc(C)cc2C)n1.O=[N+]([O-])c1ccc(S[C]#[Mo+])cc1.[C-]#[O+].[C-]#[O+]. The number of benzene rings is 1. The molecule has 0 atom stereocenters. The molecule has 0 aliphatic carbocycles. The van der Waals surface area contributed by atoms with E-state index in [2.05, 4.69) is 69.6 Å². The maximum atomic E-state index is 10.3. The molecule has 0 fully saturated rings. The van der Waals surface area contributed by atoms with Gasteiger partial charge in [-0.3, -0.25) is 0 Å². The van der Waals surface area contributed by atoms with Gasteiger partial charge in [0, 0.05) is 0 Å². The summed E-state index contributed by atoms with van der Waals surface area (Å²) in [5.74, 6) is 0. The number of hydrogen-bond acceptors (Lipinski definition) is 6. The van der Waals surface area contributed by atoms with E-state index in [4.69, 9.17) is 24.6 Å². The fraction of sp³-hybridized carbons (Fsp3) is 0.250. The molecule has 0 aliphatic rings. The molecule has 11 nitrogen and oxygen atoms in total. The zero-order valence-corrected chi connectivity index (χ0v) is 24.7. The molecule has 0 unspecified atom stereocenters. The van der Waals surface area contributed by atoms with Crippen molar-refractivity contribution in [3.05, 3.63) is 100 Å². The van der Waals surface area contributed by atoms with E-state index in [1.165, 1.54) is 23.9 Å². The van der Waals surface area contributed by atoms with Gasteiger partial charge in [-0.15, -0.1) is 0 Å². The van der Waals surface area contributed by atoms with Crippen LogP contribution in [0.4, 0.5) is 5.69 Å². The predicted octanol–water partition coefficient (Wildman–Crippen LogP) is 3.86. The molecule has 0 N–H and O–H groups in total. The number of non-ortho nitro benzene ring substituents is 1. The van der Waals surface area contributed by atoms with E-state index < -0.39 is 12.0 Å². The summed E-state index contributed by atoms with van der Waals surface area (Å²) in [7, 11) is -1.26. The Morgan fingerprint density at radius 2 is 1.16 bits per heavy atom. The Labute approximate surface area is 236 Å². The molecule has 0 bridgehead atoms. The Bertz CT molecular complexity index is 1340. The molecule has 4 rings (SSSR count). The molecule has 3 heterocycles. The van der Waals surface area contributed by atoms with Gasteiger partial charge in [0.25, 0.3) is 0 Å². The second kappa shape index (κ2) is 15.8. The third-order valence-corrected chi connectivity index (χ3v) is 6.53. The number of rotatable bonds is 5. The molecule has 3 aromatic heterocycles. The molecule has 0 amide bonds. The Morgan fingerprint density at radius 3 is 1.39 bits per heavy atom. The van der Waals surface area contributed by atoms with Gasteiger partial charge in [-0.1, -0.05) is 0 Å². The van der Waals surface area contributed by atoms with Gasteiger partial charge >= 0.3 is 114 Å². The average Bonchev–Trinajstić information content (AvgIpc) is 3.52. The van der Waals surface area contributed by atoms with E-state index in [9.17, 15) is 10.1 Å². The first-order chi connectivity index (χ1) is 18.1. The first-order valence-corrected chi connectivity index (χ1v) is 12.9. The Morgan fingerprint density at radius 1 is 0.816 bits per heavy atom. The van der Waals surface area contributed by atoms with Crippen LogP contribution in [0.25, 0.3) is 0 Å². The van der Waals surface area contributed by atoms with Crippen LogP contribution in [0.1, 0.15) is 34.2 Å². The van der Waals surface area contributed by atoms with Crippen LogP contribution in [0.5, 0.6) is 0 Å². The van der Waals surface area contributed by atoms with Crippen LogP contribution in [-0.2, 0) is 28.5 Å². The van der Waals surface area contributed by atoms with Gasteiger partial charge in [-0.2, -0.15) is 0 Å². The monoisotopic (exact) mass is 617 g/mol. The average molecular weight is 615 g/mol. The summed E-state index contributed by atoms with van der Waals surface area (Å²) in [6, 6.07) is 12.7. The van der Waals surface area contributed by atoms with Crippen molar-refractivity contribution in [3.63, 3.8) is 0 Å². The fourth-order valence-electron chi connectivity index (χ4n) is 3.95. The van der Waals surface area contributed by atoms with E-state index in [1.807, 2.05) is 20.8 Å². The molecule has 196 valence electrons. The zero-order valence-electron chi connectivity index (χ0n) is 21.8. The van der Waals surface area contributed by atoms with Crippen molar-refractivity contribution in [3.8, 4) is 3.53 Å². The minimum absolute atomic E-state index is 0.122. The van der Waals surface area contributed by atoms with E-state index in [-0.39, 0.29) is 5.69 Å². The molecule has 1 aromatic carbocycles. The fourth-order valence-corrected chi connectivity index (χ4v) is 5.03.